The normalized spacial score (nSPS) is 14.0. The van der Waals surface area contributed by atoms with Crippen molar-refractivity contribution in [3.8, 4) is 0 Å². The molecule has 4 heteroatoms. The molecule has 1 aliphatic carbocycles. The van der Waals surface area contributed by atoms with Crippen molar-refractivity contribution in [2.45, 2.75) is 6.61 Å². The second-order valence-electron chi connectivity index (χ2n) is 3.38. The minimum Gasteiger partial charge on any atom is -0.485 e. The zero-order chi connectivity index (χ0) is 11.4. The van der Waals surface area contributed by atoms with E-state index in [9.17, 15) is 9.59 Å². The number of carbonyl (C=O) groups is 2. The van der Waals surface area contributed by atoms with Crippen molar-refractivity contribution in [3.63, 3.8) is 0 Å². The van der Waals surface area contributed by atoms with Crippen molar-refractivity contribution in [2.24, 2.45) is 0 Å². The Hall–Kier alpha value is -1.87. The fraction of sp³-hybridized carbons (Fsp3) is 0.0769. The highest BCUT2D eigenvalue weighted by Gasteiger charge is 2.14. The van der Waals surface area contributed by atoms with Crippen LogP contribution in [-0.2, 0) is 20.9 Å². The van der Waals surface area contributed by atoms with Gasteiger partial charge in [-0.2, -0.15) is 0 Å². The van der Waals surface area contributed by atoms with Crippen molar-refractivity contribution in [2.75, 3.05) is 0 Å². The van der Waals surface area contributed by atoms with Crippen molar-refractivity contribution in [1.82, 2.24) is 0 Å². The van der Waals surface area contributed by atoms with Crippen LogP contribution in [0.3, 0.4) is 0 Å². The van der Waals surface area contributed by atoms with Crippen LogP contribution < -0.4 is 0 Å². The average molecular weight is 251 g/mol. The molecule has 17 heavy (non-hydrogen) atoms. The van der Waals surface area contributed by atoms with Gasteiger partial charge in [-0.1, -0.05) is 30.3 Å². The van der Waals surface area contributed by atoms with Crippen LogP contribution in [0.4, 0.5) is 0 Å². The van der Waals surface area contributed by atoms with Crippen LogP contribution in [0, 0.1) is 0 Å². The van der Waals surface area contributed by atoms with E-state index in [1.807, 2.05) is 30.3 Å². The molecule has 0 heterocycles. The SMILES string of the molecule is Cl.O=C1C=CC(=O)C(OCc2ccccc2)=C1. The predicted molar refractivity (Wildman–Crippen MR) is 65.7 cm³/mol. The molecule has 0 bridgehead atoms. The van der Waals surface area contributed by atoms with Crippen LogP contribution >= 0.6 is 12.4 Å². The van der Waals surface area contributed by atoms with E-state index in [0.29, 0.717) is 6.61 Å². The number of rotatable bonds is 3. The molecule has 0 aliphatic heterocycles. The van der Waals surface area contributed by atoms with Gasteiger partial charge in [-0.3, -0.25) is 9.59 Å². The first-order valence-corrected chi connectivity index (χ1v) is 4.90. The number of carbonyl (C=O) groups excluding carboxylic acids is 2. The Balaban J connectivity index is 0.00000144. The minimum absolute atomic E-state index is 0. The van der Waals surface area contributed by atoms with E-state index in [4.69, 9.17) is 4.74 Å². The summed E-state index contributed by atoms with van der Waals surface area (Å²) in [7, 11) is 0. The van der Waals surface area contributed by atoms with Gasteiger partial charge in [-0.25, -0.2) is 0 Å². The third-order valence-corrected chi connectivity index (χ3v) is 2.15. The number of ether oxygens (including phenoxy) is 1. The third kappa shape index (κ3) is 3.57. The van der Waals surface area contributed by atoms with Gasteiger partial charge >= 0.3 is 0 Å². The first-order chi connectivity index (χ1) is 7.75. The van der Waals surface area contributed by atoms with Crippen molar-refractivity contribution < 1.29 is 14.3 Å². The van der Waals surface area contributed by atoms with Crippen LogP contribution in [0.15, 0.2) is 54.3 Å². The molecule has 0 unspecified atom stereocenters. The Labute approximate surface area is 105 Å². The van der Waals surface area contributed by atoms with E-state index in [0.717, 1.165) is 5.56 Å². The molecule has 1 aromatic carbocycles. The van der Waals surface area contributed by atoms with E-state index in [1.54, 1.807) is 0 Å². The van der Waals surface area contributed by atoms with E-state index in [1.165, 1.54) is 18.2 Å². The van der Waals surface area contributed by atoms with Crippen molar-refractivity contribution in [3.05, 3.63) is 59.9 Å². The van der Waals surface area contributed by atoms with Gasteiger partial charge in [0.25, 0.3) is 0 Å². The van der Waals surface area contributed by atoms with Crippen LogP contribution in [0.2, 0.25) is 0 Å². The number of hydrogen-bond donors (Lipinski definition) is 0. The van der Waals surface area contributed by atoms with Gasteiger partial charge < -0.3 is 4.74 Å². The lowest BCUT2D eigenvalue weighted by molar-refractivity contribution is -0.117. The molecular formula is C13H11ClO3. The number of allylic oxidation sites excluding steroid dienone is 3. The van der Waals surface area contributed by atoms with Crippen LogP contribution in [0.5, 0.6) is 0 Å². The lowest BCUT2D eigenvalue weighted by Gasteiger charge is -2.09. The van der Waals surface area contributed by atoms with E-state index < -0.39 is 0 Å². The molecule has 0 N–H and O–H groups in total. The quantitative estimate of drug-likeness (QED) is 0.773. The lowest BCUT2D eigenvalue weighted by Crippen LogP contribution is -2.10. The summed E-state index contributed by atoms with van der Waals surface area (Å²) in [5, 5.41) is 0. The minimum atomic E-state index is -0.268. The summed E-state index contributed by atoms with van der Waals surface area (Å²) in [6.45, 7) is 0.291. The number of hydrogen-bond acceptors (Lipinski definition) is 3. The molecule has 2 rings (SSSR count). The smallest absolute Gasteiger partial charge is 0.220 e. The highest BCUT2D eigenvalue weighted by molar-refractivity contribution is 6.16. The molecule has 0 saturated heterocycles. The number of benzene rings is 1. The van der Waals surface area contributed by atoms with Gasteiger partial charge in [-0.05, 0) is 17.7 Å². The molecule has 0 amide bonds. The van der Waals surface area contributed by atoms with Gasteiger partial charge in [0.15, 0.2) is 11.5 Å². The fourth-order valence-electron chi connectivity index (χ4n) is 1.34. The first kappa shape index (κ1) is 13.2. The summed E-state index contributed by atoms with van der Waals surface area (Å²) in [5.41, 5.74) is 0.957. The first-order valence-electron chi connectivity index (χ1n) is 4.90. The molecule has 0 atom stereocenters. The van der Waals surface area contributed by atoms with Crippen LogP contribution in [0.1, 0.15) is 5.56 Å². The molecule has 1 aliphatic rings. The topological polar surface area (TPSA) is 43.4 Å². The third-order valence-electron chi connectivity index (χ3n) is 2.15. The molecule has 0 aromatic heterocycles. The molecule has 0 radical (unpaired) electrons. The maximum Gasteiger partial charge on any atom is 0.220 e. The zero-order valence-electron chi connectivity index (χ0n) is 8.96. The fourth-order valence-corrected chi connectivity index (χ4v) is 1.34. The molecule has 0 saturated carbocycles. The highest BCUT2D eigenvalue weighted by atomic mass is 35.5. The largest absolute Gasteiger partial charge is 0.485 e. The van der Waals surface area contributed by atoms with Gasteiger partial charge in [0.2, 0.25) is 5.78 Å². The molecule has 0 spiro atoms. The molecule has 1 aromatic rings. The molecule has 3 nitrogen and oxygen atoms in total. The van der Waals surface area contributed by atoms with Gasteiger partial charge in [0.05, 0.1) is 0 Å². The summed E-state index contributed by atoms with van der Waals surface area (Å²) >= 11 is 0. The van der Waals surface area contributed by atoms with E-state index in [2.05, 4.69) is 0 Å². The molecule has 0 fully saturated rings. The van der Waals surface area contributed by atoms with E-state index >= 15 is 0 Å². The van der Waals surface area contributed by atoms with Crippen LogP contribution in [-0.4, -0.2) is 11.6 Å². The second-order valence-corrected chi connectivity index (χ2v) is 3.38. The number of ketones is 2. The maximum absolute atomic E-state index is 11.3. The van der Waals surface area contributed by atoms with E-state index in [-0.39, 0.29) is 29.7 Å². The lowest BCUT2D eigenvalue weighted by atomic mass is 10.1. The maximum atomic E-state index is 11.3. The predicted octanol–water partition coefficient (Wildman–Crippen LogP) is 2.22. The van der Waals surface area contributed by atoms with Gasteiger partial charge in [0.1, 0.15) is 6.61 Å². The average Bonchev–Trinajstić information content (AvgIpc) is 2.32. The Bertz CT molecular complexity index is 475. The Morgan fingerprint density at radius 2 is 1.71 bits per heavy atom. The number of halogens is 1. The van der Waals surface area contributed by atoms with Gasteiger partial charge in [-0.15, -0.1) is 12.4 Å². The summed E-state index contributed by atoms with van der Waals surface area (Å²) in [6.07, 6.45) is 3.67. The summed E-state index contributed by atoms with van der Waals surface area (Å²) < 4.78 is 5.29. The van der Waals surface area contributed by atoms with Crippen molar-refractivity contribution >= 4 is 24.0 Å². The Kier molecular flexibility index (Phi) is 4.67. The van der Waals surface area contributed by atoms with Crippen LogP contribution in [0.25, 0.3) is 0 Å². The monoisotopic (exact) mass is 250 g/mol. The Morgan fingerprint density at radius 3 is 2.41 bits per heavy atom. The van der Waals surface area contributed by atoms with Crippen molar-refractivity contribution in [1.29, 1.82) is 0 Å². The summed E-state index contributed by atoms with van der Waals surface area (Å²) in [5.74, 6) is -0.380. The molecule has 88 valence electrons. The summed E-state index contributed by atoms with van der Waals surface area (Å²) in [6, 6.07) is 9.47. The van der Waals surface area contributed by atoms with Gasteiger partial charge in [0, 0.05) is 6.08 Å². The standard InChI is InChI=1S/C13H10O3.ClH/c14-11-6-7-12(15)13(8-11)16-9-10-4-2-1-3-5-10;/h1-8H,9H2;1H. The Morgan fingerprint density at radius 1 is 1.00 bits per heavy atom. The molecular weight excluding hydrogens is 240 g/mol. The highest BCUT2D eigenvalue weighted by Crippen LogP contribution is 2.10. The second kappa shape index (κ2) is 6.01. The zero-order valence-corrected chi connectivity index (χ0v) is 9.78. The summed E-state index contributed by atoms with van der Waals surface area (Å²) in [4.78, 5) is 22.4.